The van der Waals surface area contributed by atoms with E-state index in [2.05, 4.69) is 5.32 Å². The largest absolute Gasteiger partial charge is 0.492 e. The van der Waals surface area contributed by atoms with Gasteiger partial charge in [0, 0.05) is 25.2 Å². The second kappa shape index (κ2) is 9.98. The van der Waals surface area contributed by atoms with Gasteiger partial charge in [-0.2, -0.15) is 5.26 Å². The molecule has 2 aromatic carbocycles. The van der Waals surface area contributed by atoms with E-state index in [1.165, 1.54) is 24.3 Å². The van der Waals surface area contributed by atoms with Gasteiger partial charge in [0.2, 0.25) is 0 Å². The number of hydrogen-bond acceptors (Lipinski definition) is 7. The van der Waals surface area contributed by atoms with Crippen molar-refractivity contribution in [2.24, 2.45) is 0 Å². The third-order valence-corrected chi connectivity index (χ3v) is 3.40. The zero-order valence-corrected chi connectivity index (χ0v) is 14.0. The van der Waals surface area contributed by atoms with Crippen LogP contribution in [0.15, 0.2) is 48.5 Å². The summed E-state index contributed by atoms with van der Waals surface area (Å²) >= 11 is 0. The first-order valence-electron chi connectivity index (χ1n) is 7.97. The average Bonchev–Trinajstić information content (AvgIpc) is 2.67. The van der Waals surface area contributed by atoms with Crippen molar-refractivity contribution in [3.8, 4) is 17.6 Å². The number of nitrogens with one attached hydrogen (secondary N) is 1. The van der Waals surface area contributed by atoms with Crippen molar-refractivity contribution in [3.05, 3.63) is 64.2 Å². The number of nitro groups is 1. The fourth-order valence-corrected chi connectivity index (χ4v) is 2.05. The van der Waals surface area contributed by atoms with Gasteiger partial charge in [-0.15, -0.1) is 0 Å². The first kappa shape index (κ1) is 19.2. The Balaban J connectivity index is 1.59. The van der Waals surface area contributed by atoms with Gasteiger partial charge >= 0.3 is 0 Å². The first-order chi connectivity index (χ1) is 12.6. The average molecular weight is 357 g/mol. The van der Waals surface area contributed by atoms with Gasteiger partial charge in [0.25, 0.3) is 5.69 Å². The molecule has 0 spiro atoms. The standard InChI is InChI=1S/C18H19N3O5/c19-11-14-1-5-17(6-2-14)25-10-9-20-12-16(22)13-26-18-7-3-15(4-8-18)21(23)24/h1-8,16,20,22H,9-10,12-13H2. The molecule has 0 aliphatic heterocycles. The predicted octanol–water partition coefficient (Wildman–Crippen LogP) is 1.87. The molecule has 0 amide bonds. The Morgan fingerprint density at radius 3 is 2.35 bits per heavy atom. The van der Waals surface area contributed by atoms with Crippen molar-refractivity contribution in [1.82, 2.24) is 5.32 Å². The number of nitriles is 1. The zero-order valence-electron chi connectivity index (χ0n) is 14.0. The van der Waals surface area contributed by atoms with Crippen LogP contribution in [-0.4, -0.2) is 42.4 Å². The molecule has 26 heavy (non-hydrogen) atoms. The molecular formula is C18H19N3O5. The fraction of sp³-hybridized carbons (Fsp3) is 0.278. The van der Waals surface area contributed by atoms with Crippen molar-refractivity contribution in [3.63, 3.8) is 0 Å². The molecule has 0 saturated carbocycles. The number of non-ortho nitro benzene ring substituents is 1. The van der Waals surface area contributed by atoms with Crippen LogP contribution in [0.5, 0.6) is 11.5 Å². The minimum absolute atomic E-state index is 0.0122. The summed E-state index contributed by atoms with van der Waals surface area (Å²) < 4.78 is 10.9. The summed E-state index contributed by atoms with van der Waals surface area (Å²) in [5, 5.41) is 32.2. The summed E-state index contributed by atoms with van der Waals surface area (Å²) in [4.78, 5) is 10.1. The first-order valence-corrected chi connectivity index (χ1v) is 7.97. The van der Waals surface area contributed by atoms with Gasteiger partial charge in [-0.05, 0) is 36.4 Å². The molecule has 1 unspecified atom stereocenters. The number of nitro benzene ring substituents is 1. The lowest BCUT2D eigenvalue weighted by Crippen LogP contribution is -2.33. The quantitative estimate of drug-likeness (QED) is 0.379. The normalized spacial score (nSPS) is 11.4. The van der Waals surface area contributed by atoms with Crippen LogP contribution in [0.2, 0.25) is 0 Å². The van der Waals surface area contributed by atoms with E-state index < -0.39 is 11.0 Å². The Hall–Kier alpha value is -3.15. The van der Waals surface area contributed by atoms with Gasteiger partial charge in [-0.25, -0.2) is 0 Å². The highest BCUT2D eigenvalue weighted by molar-refractivity contribution is 5.36. The summed E-state index contributed by atoms with van der Waals surface area (Å²) in [6.45, 7) is 1.35. The Morgan fingerprint density at radius 2 is 1.73 bits per heavy atom. The molecule has 8 nitrogen and oxygen atoms in total. The van der Waals surface area contributed by atoms with Gasteiger partial charge in [0.1, 0.15) is 30.8 Å². The van der Waals surface area contributed by atoms with E-state index in [9.17, 15) is 15.2 Å². The van der Waals surface area contributed by atoms with Gasteiger partial charge in [-0.3, -0.25) is 10.1 Å². The summed E-state index contributed by atoms with van der Waals surface area (Å²) in [6, 6.07) is 14.5. The summed E-state index contributed by atoms with van der Waals surface area (Å²) in [5.41, 5.74) is 0.563. The van der Waals surface area contributed by atoms with Gasteiger partial charge in [-0.1, -0.05) is 0 Å². The molecule has 2 aromatic rings. The highest BCUT2D eigenvalue weighted by Crippen LogP contribution is 2.17. The minimum atomic E-state index is -0.722. The summed E-state index contributed by atoms with van der Waals surface area (Å²) in [7, 11) is 0. The SMILES string of the molecule is N#Cc1ccc(OCCNCC(O)COc2ccc([N+](=O)[O-])cc2)cc1. The Bertz CT molecular complexity index is 741. The highest BCUT2D eigenvalue weighted by atomic mass is 16.6. The molecule has 8 heteroatoms. The molecule has 0 aromatic heterocycles. The van der Waals surface area contributed by atoms with Crippen molar-refractivity contribution in [1.29, 1.82) is 5.26 Å². The third-order valence-electron chi connectivity index (χ3n) is 3.40. The van der Waals surface area contributed by atoms with E-state index in [1.54, 1.807) is 24.3 Å². The molecule has 1 atom stereocenters. The molecule has 0 radical (unpaired) electrons. The lowest BCUT2D eigenvalue weighted by molar-refractivity contribution is -0.384. The lowest BCUT2D eigenvalue weighted by Gasteiger charge is -2.13. The number of aliphatic hydroxyl groups excluding tert-OH is 1. The van der Waals surface area contributed by atoms with Crippen molar-refractivity contribution >= 4 is 5.69 Å². The molecule has 0 bridgehead atoms. The second-order valence-corrected chi connectivity index (χ2v) is 5.40. The smallest absolute Gasteiger partial charge is 0.269 e. The third kappa shape index (κ3) is 6.39. The summed E-state index contributed by atoms with van der Waals surface area (Å²) in [5.74, 6) is 1.13. The minimum Gasteiger partial charge on any atom is -0.492 e. The molecule has 2 N–H and O–H groups in total. The van der Waals surface area contributed by atoms with Crippen LogP contribution in [0, 0.1) is 21.4 Å². The lowest BCUT2D eigenvalue weighted by atomic mass is 10.2. The van der Waals surface area contributed by atoms with Crippen LogP contribution >= 0.6 is 0 Å². The van der Waals surface area contributed by atoms with Crippen molar-refractivity contribution in [2.75, 3.05) is 26.3 Å². The van der Waals surface area contributed by atoms with Gasteiger partial charge in [0.15, 0.2) is 0 Å². The van der Waals surface area contributed by atoms with E-state index in [0.29, 0.717) is 36.8 Å². The Morgan fingerprint density at radius 1 is 1.12 bits per heavy atom. The van der Waals surface area contributed by atoms with E-state index in [4.69, 9.17) is 14.7 Å². The van der Waals surface area contributed by atoms with Gasteiger partial charge in [0.05, 0.1) is 16.6 Å². The van der Waals surface area contributed by atoms with E-state index in [-0.39, 0.29) is 12.3 Å². The second-order valence-electron chi connectivity index (χ2n) is 5.40. The van der Waals surface area contributed by atoms with E-state index in [0.717, 1.165) is 0 Å². The van der Waals surface area contributed by atoms with Crippen LogP contribution in [0.4, 0.5) is 5.69 Å². The molecule has 0 fully saturated rings. The number of nitrogens with zero attached hydrogens (tertiary/aromatic N) is 2. The molecule has 0 saturated heterocycles. The summed E-state index contributed by atoms with van der Waals surface area (Å²) in [6.07, 6.45) is -0.722. The number of rotatable bonds is 10. The van der Waals surface area contributed by atoms with Crippen molar-refractivity contribution < 1.29 is 19.5 Å². The molecule has 136 valence electrons. The molecule has 0 aliphatic rings. The molecular weight excluding hydrogens is 338 g/mol. The van der Waals surface area contributed by atoms with Gasteiger partial charge < -0.3 is 19.9 Å². The van der Waals surface area contributed by atoms with Crippen molar-refractivity contribution in [2.45, 2.75) is 6.10 Å². The topological polar surface area (TPSA) is 118 Å². The Kier molecular flexibility index (Phi) is 7.36. The molecule has 0 aliphatic carbocycles. The number of hydrogen-bond donors (Lipinski definition) is 2. The maximum Gasteiger partial charge on any atom is 0.269 e. The van der Waals surface area contributed by atoms with Crippen LogP contribution in [0.1, 0.15) is 5.56 Å². The number of ether oxygens (including phenoxy) is 2. The fourth-order valence-electron chi connectivity index (χ4n) is 2.05. The van der Waals surface area contributed by atoms with Crippen LogP contribution in [0.25, 0.3) is 0 Å². The number of aliphatic hydroxyl groups is 1. The monoisotopic (exact) mass is 357 g/mol. The van der Waals surface area contributed by atoms with Crippen LogP contribution in [0.3, 0.4) is 0 Å². The zero-order chi connectivity index (χ0) is 18.8. The maximum atomic E-state index is 10.6. The number of benzene rings is 2. The predicted molar refractivity (Wildman–Crippen MR) is 94.1 cm³/mol. The van der Waals surface area contributed by atoms with E-state index >= 15 is 0 Å². The molecule has 2 rings (SSSR count). The van der Waals surface area contributed by atoms with E-state index in [1.807, 2.05) is 6.07 Å². The maximum absolute atomic E-state index is 10.6. The van der Waals surface area contributed by atoms with Crippen LogP contribution in [-0.2, 0) is 0 Å². The molecule has 0 heterocycles. The highest BCUT2D eigenvalue weighted by Gasteiger charge is 2.07. The Labute approximate surface area is 150 Å². The van der Waals surface area contributed by atoms with Crippen LogP contribution < -0.4 is 14.8 Å².